The minimum absolute atomic E-state index is 0.0116. The van der Waals surface area contributed by atoms with Crippen molar-refractivity contribution in [2.45, 2.75) is 44.5 Å². The van der Waals surface area contributed by atoms with Crippen LogP contribution in [0, 0.1) is 5.92 Å². The molecule has 3 rings (SSSR count). The molecule has 1 aromatic heterocycles. The molecule has 0 N–H and O–H groups in total. The van der Waals surface area contributed by atoms with Gasteiger partial charge in [0.05, 0.1) is 0 Å². The lowest BCUT2D eigenvalue weighted by Crippen LogP contribution is -2.28. The fourth-order valence-electron chi connectivity index (χ4n) is 3.40. The summed E-state index contributed by atoms with van der Waals surface area (Å²) in [6.07, 6.45) is 4.23. The maximum absolute atomic E-state index is 12.4. The van der Waals surface area contributed by atoms with E-state index in [2.05, 4.69) is 11.1 Å². The van der Waals surface area contributed by atoms with Gasteiger partial charge in [-0.3, -0.25) is 0 Å². The topological polar surface area (TPSA) is 73.6 Å². The third kappa shape index (κ3) is 3.44. The van der Waals surface area contributed by atoms with Gasteiger partial charge in [0, 0.05) is 17.0 Å². The number of benzene rings is 1. The molecule has 1 unspecified atom stereocenters. The summed E-state index contributed by atoms with van der Waals surface area (Å²) in [5.41, 5.74) is -4.65. The maximum Gasteiger partial charge on any atom is 0.534 e. The van der Waals surface area contributed by atoms with Crippen LogP contribution in [0.5, 0.6) is 5.75 Å². The van der Waals surface area contributed by atoms with E-state index in [-0.39, 0.29) is 5.58 Å². The van der Waals surface area contributed by atoms with Crippen LogP contribution in [-0.4, -0.2) is 13.9 Å². The first-order valence-electron chi connectivity index (χ1n) is 8.21. The number of fused-ring (bicyclic) bond motifs is 3. The van der Waals surface area contributed by atoms with Crippen molar-refractivity contribution in [1.82, 2.24) is 0 Å². The van der Waals surface area contributed by atoms with Crippen LogP contribution >= 0.6 is 0 Å². The van der Waals surface area contributed by atoms with Crippen molar-refractivity contribution in [3.05, 3.63) is 39.7 Å². The molecule has 2 aromatic rings. The summed E-state index contributed by atoms with van der Waals surface area (Å²) in [5, 5.41) is 0.589. The highest BCUT2D eigenvalue weighted by Gasteiger charge is 2.48. The normalized spacial score (nSPS) is 17.9. The van der Waals surface area contributed by atoms with Crippen molar-refractivity contribution in [2.75, 3.05) is 0 Å². The van der Waals surface area contributed by atoms with Crippen LogP contribution < -0.4 is 9.81 Å². The summed E-state index contributed by atoms with van der Waals surface area (Å²) in [6, 6.07) is 3.56. The van der Waals surface area contributed by atoms with Crippen molar-refractivity contribution >= 4 is 21.1 Å². The molecule has 5 nitrogen and oxygen atoms in total. The molecule has 0 radical (unpaired) electrons. The Morgan fingerprint density at radius 3 is 2.65 bits per heavy atom. The number of alkyl halides is 3. The minimum Gasteiger partial charge on any atom is -0.422 e. The first-order valence-corrected chi connectivity index (χ1v) is 9.62. The zero-order valence-corrected chi connectivity index (χ0v) is 14.7. The Bertz CT molecular complexity index is 992. The highest BCUT2D eigenvalue weighted by Crippen LogP contribution is 2.34. The molecule has 0 fully saturated rings. The molecule has 142 valence electrons. The number of hydrogen-bond acceptors (Lipinski definition) is 5. The predicted molar refractivity (Wildman–Crippen MR) is 88.5 cm³/mol. The molecule has 0 aliphatic heterocycles. The van der Waals surface area contributed by atoms with E-state index in [9.17, 15) is 26.4 Å². The summed E-state index contributed by atoms with van der Waals surface area (Å²) in [5.74, 6) is -0.148. The summed E-state index contributed by atoms with van der Waals surface area (Å²) < 4.78 is 68.8. The van der Waals surface area contributed by atoms with Gasteiger partial charge in [-0.1, -0.05) is 19.8 Å². The monoisotopic (exact) mass is 390 g/mol. The second kappa shape index (κ2) is 6.61. The van der Waals surface area contributed by atoms with E-state index < -0.39 is 27.0 Å². The predicted octanol–water partition coefficient (Wildman–Crippen LogP) is 3.93. The molecule has 0 spiro atoms. The molecule has 0 saturated carbocycles. The Labute approximate surface area is 147 Å². The molecule has 1 aliphatic carbocycles. The van der Waals surface area contributed by atoms with Crippen LogP contribution in [0.4, 0.5) is 13.2 Å². The molecule has 1 aromatic carbocycles. The SMILES string of the molecule is CCCC1CCc2c(c(=O)oc3cc(OS(=O)(=O)C(F)(F)F)ccc23)C1. The van der Waals surface area contributed by atoms with Gasteiger partial charge < -0.3 is 8.60 Å². The lowest BCUT2D eigenvalue weighted by atomic mass is 9.81. The first-order chi connectivity index (χ1) is 12.1. The van der Waals surface area contributed by atoms with E-state index >= 15 is 0 Å². The molecule has 1 aliphatic rings. The Morgan fingerprint density at radius 2 is 2.00 bits per heavy atom. The van der Waals surface area contributed by atoms with Crippen LogP contribution in [-0.2, 0) is 23.0 Å². The fourth-order valence-corrected chi connectivity index (χ4v) is 3.85. The smallest absolute Gasteiger partial charge is 0.422 e. The molecule has 0 bridgehead atoms. The van der Waals surface area contributed by atoms with Gasteiger partial charge in [-0.2, -0.15) is 21.6 Å². The van der Waals surface area contributed by atoms with Crippen molar-refractivity contribution in [1.29, 1.82) is 0 Å². The molecule has 9 heteroatoms. The molecule has 1 heterocycles. The summed E-state index contributed by atoms with van der Waals surface area (Å²) in [7, 11) is -5.78. The second-order valence-corrected chi connectivity index (χ2v) is 7.92. The fraction of sp³-hybridized carbons (Fsp3) is 0.471. The van der Waals surface area contributed by atoms with Gasteiger partial charge >= 0.3 is 21.3 Å². The van der Waals surface area contributed by atoms with E-state index in [0.29, 0.717) is 29.7 Å². The van der Waals surface area contributed by atoms with Crippen LogP contribution in [0.15, 0.2) is 27.4 Å². The molecular formula is C17H17F3O5S. The minimum atomic E-state index is -5.78. The maximum atomic E-state index is 12.4. The number of halogens is 3. The van der Waals surface area contributed by atoms with Gasteiger partial charge in [0.1, 0.15) is 11.3 Å². The molecular weight excluding hydrogens is 373 g/mol. The number of aryl methyl sites for hydroxylation is 1. The molecule has 0 saturated heterocycles. The molecule has 0 amide bonds. The molecule has 1 atom stereocenters. The van der Waals surface area contributed by atoms with Gasteiger partial charge in [-0.25, -0.2) is 4.79 Å². The van der Waals surface area contributed by atoms with E-state index in [1.165, 1.54) is 6.07 Å². The van der Waals surface area contributed by atoms with Crippen molar-refractivity contribution in [3.63, 3.8) is 0 Å². The van der Waals surface area contributed by atoms with Crippen molar-refractivity contribution in [2.24, 2.45) is 5.92 Å². The van der Waals surface area contributed by atoms with Crippen LogP contribution in [0.25, 0.3) is 11.0 Å². The highest BCUT2D eigenvalue weighted by molar-refractivity contribution is 7.88. The summed E-state index contributed by atoms with van der Waals surface area (Å²) in [6.45, 7) is 2.08. The van der Waals surface area contributed by atoms with Gasteiger partial charge in [0.25, 0.3) is 0 Å². The Balaban J connectivity index is 2.01. The second-order valence-electron chi connectivity index (χ2n) is 6.39. The average molecular weight is 390 g/mol. The van der Waals surface area contributed by atoms with Crippen LogP contribution in [0.3, 0.4) is 0 Å². The lowest BCUT2D eigenvalue weighted by molar-refractivity contribution is -0.0500. The molecule has 26 heavy (non-hydrogen) atoms. The van der Waals surface area contributed by atoms with Crippen molar-refractivity contribution < 1.29 is 30.2 Å². The zero-order chi connectivity index (χ0) is 19.1. The van der Waals surface area contributed by atoms with Crippen LogP contribution in [0.2, 0.25) is 0 Å². The quantitative estimate of drug-likeness (QED) is 0.449. The van der Waals surface area contributed by atoms with E-state index in [0.717, 1.165) is 37.0 Å². The Kier molecular flexibility index (Phi) is 4.76. The number of hydrogen-bond donors (Lipinski definition) is 0. The Morgan fingerprint density at radius 1 is 1.27 bits per heavy atom. The largest absolute Gasteiger partial charge is 0.534 e. The van der Waals surface area contributed by atoms with Crippen molar-refractivity contribution in [3.8, 4) is 5.75 Å². The van der Waals surface area contributed by atoms with Gasteiger partial charge in [-0.05, 0) is 42.9 Å². The van der Waals surface area contributed by atoms with Gasteiger partial charge in [0.15, 0.2) is 0 Å². The Hall–Kier alpha value is -2.03. The van der Waals surface area contributed by atoms with E-state index in [4.69, 9.17) is 4.42 Å². The van der Waals surface area contributed by atoms with Gasteiger partial charge in [-0.15, -0.1) is 0 Å². The zero-order valence-electron chi connectivity index (χ0n) is 13.9. The third-order valence-corrected chi connectivity index (χ3v) is 5.55. The average Bonchev–Trinajstić information content (AvgIpc) is 2.54. The highest BCUT2D eigenvalue weighted by atomic mass is 32.2. The third-order valence-electron chi connectivity index (χ3n) is 4.57. The number of rotatable bonds is 4. The van der Waals surface area contributed by atoms with E-state index in [1.807, 2.05) is 0 Å². The lowest BCUT2D eigenvalue weighted by Gasteiger charge is -2.24. The summed E-state index contributed by atoms with van der Waals surface area (Å²) in [4.78, 5) is 12.3. The first kappa shape index (κ1) is 18.8. The summed E-state index contributed by atoms with van der Waals surface area (Å²) >= 11 is 0. The standard InChI is InChI=1S/C17H17F3O5S/c1-2-3-10-4-6-12-13-7-5-11(25-26(22,23)17(18,19)20)9-15(13)24-16(21)14(12)8-10/h5,7,9-10H,2-4,6,8H2,1H3. The van der Waals surface area contributed by atoms with E-state index in [1.54, 1.807) is 0 Å². The van der Waals surface area contributed by atoms with Gasteiger partial charge in [0.2, 0.25) is 0 Å². The van der Waals surface area contributed by atoms with Crippen LogP contribution in [0.1, 0.15) is 37.3 Å².